The highest BCUT2D eigenvalue weighted by atomic mass is 16.5. The van der Waals surface area contributed by atoms with Crippen molar-refractivity contribution in [3.05, 3.63) is 29.8 Å². The van der Waals surface area contributed by atoms with Gasteiger partial charge in [0, 0.05) is 19.6 Å². The molecule has 0 bridgehead atoms. The molecule has 0 aromatic heterocycles. The molecule has 1 heterocycles. The van der Waals surface area contributed by atoms with Gasteiger partial charge in [0.2, 0.25) is 0 Å². The number of ether oxygens (including phenoxy) is 2. The third-order valence-corrected chi connectivity index (χ3v) is 4.03. The van der Waals surface area contributed by atoms with E-state index in [1.165, 1.54) is 7.11 Å². The average molecular weight is 320 g/mol. The van der Waals surface area contributed by atoms with Crippen LogP contribution in [0.25, 0.3) is 0 Å². The fourth-order valence-electron chi connectivity index (χ4n) is 2.54. The van der Waals surface area contributed by atoms with Crippen LogP contribution < -0.4 is 10.1 Å². The molecular weight excluding hydrogens is 296 g/mol. The van der Waals surface area contributed by atoms with Crippen molar-refractivity contribution < 1.29 is 19.1 Å². The lowest BCUT2D eigenvalue weighted by atomic mass is 9.97. The molecule has 1 fully saturated rings. The molecule has 0 radical (unpaired) electrons. The summed E-state index contributed by atoms with van der Waals surface area (Å²) in [6, 6.07) is 7.60. The normalized spacial score (nSPS) is 15.1. The van der Waals surface area contributed by atoms with Gasteiger partial charge in [-0.05, 0) is 37.8 Å². The first-order valence-electron chi connectivity index (χ1n) is 7.87. The first kappa shape index (κ1) is 17.1. The van der Waals surface area contributed by atoms with Crippen molar-refractivity contribution in [2.24, 2.45) is 5.92 Å². The van der Waals surface area contributed by atoms with Crippen LogP contribution >= 0.6 is 0 Å². The molecular formula is C17H24N2O4. The molecule has 23 heavy (non-hydrogen) atoms. The van der Waals surface area contributed by atoms with Crippen molar-refractivity contribution >= 4 is 12.0 Å². The summed E-state index contributed by atoms with van der Waals surface area (Å²) in [5, 5.41) is 2.89. The SMILES string of the molecule is COC(=O)N1CCC(CNC(=O)COc2ccc(C)cc2)CC1. The molecule has 126 valence electrons. The topological polar surface area (TPSA) is 67.9 Å². The van der Waals surface area contributed by atoms with Crippen molar-refractivity contribution in [3.8, 4) is 5.75 Å². The number of nitrogens with one attached hydrogen (secondary N) is 1. The molecule has 6 heteroatoms. The highest BCUT2D eigenvalue weighted by molar-refractivity contribution is 5.77. The van der Waals surface area contributed by atoms with Gasteiger partial charge in [-0.1, -0.05) is 17.7 Å². The number of nitrogens with zero attached hydrogens (tertiary/aromatic N) is 1. The Kier molecular flexibility index (Phi) is 6.26. The summed E-state index contributed by atoms with van der Waals surface area (Å²) < 4.78 is 10.1. The molecule has 1 aliphatic heterocycles. The minimum Gasteiger partial charge on any atom is -0.484 e. The van der Waals surface area contributed by atoms with Crippen molar-refractivity contribution in [1.82, 2.24) is 10.2 Å². The van der Waals surface area contributed by atoms with Gasteiger partial charge < -0.3 is 19.7 Å². The highest BCUT2D eigenvalue weighted by Gasteiger charge is 2.23. The molecule has 0 spiro atoms. The molecule has 0 unspecified atom stereocenters. The number of hydrogen-bond acceptors (Lipinski definition) is 4. The molecule has 2 amide bonds. The minimum absolute atomic E-state index is 0.0179. The Morgan fingerprint density at radius 3 is 2.48 bits per heavy atom. The maximum atomic E-state index is 11.8. The van der Waals surface area contributed by atoms with Crippen LogP contribution in [0.2, 0.25) is 0 Å². The number of likely N-dealkylation sites (tertiary alicyclic amines) is 1. The van der Waals surface area contributed by atoms with E-state index in [0.717, 1.165) is 18.4 Å². The van der Waals surface area contributed by atoms with E-state index in [0.29, 0.717) is 31.3 Å². The fourth-order valence-corrected chi connectivity index (χ4v) is 2.54. The van der Waals surface area contributed by atoms with Gasteiger partial charge in [-0.15, -0.1) is 0 Å². The van der Waals surface area contributed by atoms with Gasteiger partial charge in [0.05, 0.1) is 7.11 Å². The Bertz CT molecular complexity index is 522. The largest absolute Gasteiger partial charge is 0.484 e. The molecule has 1 aromatic rings. The van der Waals surface area contributed by atoms with Crippen LogP contribution in [-0.4, -0.2) is 50.3 Å². The zero-order valence-corrected chi connectivity index (χ0v) is 13.7. The number of amides is 2. The third-order valence-electron chi connectivity index (χ3n) is 4.03. The van der Waals surface area contributed by atoms with E-state index in [9.17, 15) is 9.59 Å². The summed E-state index contributed by atoms with van der Waals surface area (Å²) >= 11 is 0. The number of hydrogen-bond donors (Lipinski definition) is 1. The molecule has 2 rings (SSSR count). The standard InChI is InChI=1S/C17H24N2O4/c1-13-3-5-15(6-4-13)23-12-16(20)18-11-14-7-9-19(10-8-14)17(21)22-2/h3-6,14H,7-12H2,1-2H3,(H,18,20). The number of piperidine rings is 1. The van der Waals surface area contributed by atoms with E-state index in [1.807, 2.05) is 31.2 Å². The van der Waals surface area contributed by atoms with Gasteiger partial charge in [-0.2, -0.15) is 0 Å². The first-order chi connectivity index (χ1) is 11.1. The Hall–Kier alpha value is -2.24. The second kappa shape index (κ2) is 8.41. The number of carbonyl (C=O) groups is 2. The number of rotatable bonds is 5. The van der Waals surface area contributed by atoms with Crippen LogP contribution in [0.15, 0.2) is 24.3 Å². The Morgan fingerprint density at radius 1 is 1.22 bits per heavy atom. The van der Waals surface area contributed by atoms with E-state index < -0.39 is 0 Å². The molecule has 0 saturated carbocycles. The quantitative estimate of drug-likeness (QED) is 0.900. The molecule has 0 aliphatic carbocycles. The van der Waals surface area contributed by atoms with Crippen LogP contribution in [0.3, 0.4) is 0 Å². The van der Waals surface area contributed by atoms with Gasteiger partial charge in [0.15, 0.2) is 6.61 Å². The molecule has 0 atom stereocenters. The zero-order chi connectivity index (χ0) is 16.7. The molecule has 6 nitrogen and oxygen atoms in total. The number of methoxy groups -OCH3 is 1. The summed E-state index contributed by atoms with van der Waals surface area (Å²) in [7, 11) is 1.39. The maximum absolute atomic E-state index is 11.8. The van der Waals surface area contributed by atoms with E-state index in [2.05, 4.69) is 5.32 Å². The van der Waals surface area contributed by atoms with Crippen LogP contribution in [0.5, 0.6) is 5.75 Å². The summed E-state index contributed by atoms with van der Waals surface area (Å²) in [5.41, 5.74) is 1.15. The van der Waals surface area contributed by atoms with Gasteiger partial charge in [0.25, 0.3) is 5.91 Å². The fraction of sp³-hybridized carbons (Fsp3) is 0.529. The van der Waals surface area contributed by atoms with Gasteiger partial charge in [-0.3, -0.25) is 4.79 Å². The van der Waals surface area contributed by atoms with E-state index in [1.54, 1.807) is 4.90 Å². The average Bonchev–Trinajstić information content (AvgIpc) is 2.59. The lowest BCUT2D eigenvalue weighted by Gasteiger charge is -2.30. The lowest BCUT2D eigenvalue weighted by Crippen LogP contribution is -2.42. The van der Waals surface area contributed by atoms with Gasteiger partial charge >= 0.3 is 6.09 Å². The third kappa shape index (κ3) is 5.47. The second-order valence-electron chi connectivity index (χ2n) is 5.81. The number of benzene rings is 1. The minimum atomic E-state index is -0.279. The molecule has 1 saturated heterocycles. The van der Waals surface area contributed by atoms with Crippen molar-refractivity contribution in [2.75, 3.05) is 33.4 Å². The highest BCUT2D eigenvalue weighted by Crippen LogP contribution is 2.17. The summed E-state index contributed by atoms with van der Waals surface area (Å²) in [4.78, 5) is 24.9. The van der Waals surface area contributed by atoms with Gasteiger partial charge in [0.1, 0.15) is 5.75 Å². The van der Waals surface area contributed by atoms with Crippen LogP contribution in [0.4, 0.5) is 4.79 Å². The Labute approximate surface area is 136 Å². The number of carbonyl (C=O) groups excluding carboxylic acids is 2. The summed E-state index contributed by atoms with van der Waals surface area (Å²) in [6.45, 7) is 3.98. The van der Waals surface area contributed by atoms with E-state index >= 15 is 0 Å². The molecule has 1 aliphatic rings. The van der Waals surface area contributed by atoms with Crippen molar-refractivity contribution in [1.29, 1.82) is 0 Å². The summed E-state index contributed by atoms with van der Waals surface area (Å²) in [5.74, 6) is 0.956. The van der Waals surface area contributed by atoms with Crippen molar-refractivity contribution in [2.45, 2.75) is 19.8 Å². The predicted octanol–water partition coefficient (Wildman–Crippen LogP) is 1.97. The summed E-state index contributed by atoms with van der Waals surface area (Å²) in [6.07, 6.45) is 1.46. The molecule has 1 aromatic carbocycles. The molecule has 1 N–H and O–H groups in total. The van der Waals surface area contributed by atoms with Crippen LogP contribution in [-0.2, 0) is 9.53 Å². The van der Waals surface area contributed by atoms with Crippen LogP contribution in [0.1, 0.15) is 18.4 Å². The van der Waals surface area contributed by atoms with Gasteiger partial charge in [-0.25, -0.2) is 4.79 Å². The van der Waals surface area contributed by atoms with Crippen molar-refractivity contribution in [3.63, 3.8) is 0 Å². The first-order valence-corrected chi connectivity index (χ1v) is 7.87. The Balaban J connectivity index is 1.63. The smallest absolute Gasteiger partial charge is 0.409 e. The maximum Gasteiger partial charge on any atom is 0.409 e. The van der Waals surface area contributed by atoms with E-state index in [4.69, 9.17) is 9.47 Å². The van der Waals surface area contributed by atoms with Crippen LogP contribution in [0, 0.1) is 12.8 Å². The zero-order valence-electron chi connectivity index (χ0n) is 13.7. The lowest BCUT2D eigenvalue weighted by molar-refractivity contribution is -0.123. The Morgan fingerprint density at radius 2 is 1.87 bits per heavy atom. The monoisotopic (exact) mass is 320 g/mol. The van der Waals surface area contributed by atoms with E-state index in [-0.39, 0.29) is 18.6 Å². The predicted molar refractivity (Wildman–Crippen MR) is 86.4 cm³/mol. The second-order valence-corrected chi connectivity index (χ2v) is 5.81. The number of aryl methyl sites for hydroxylation is 1.